The molecule has 2 rings (SSSR count). The number of methoxy groups -OCH3 is 1. The topological polar surface area (TPSA) is 41.5 Å². The summed E-state index contributed by atoms with van der Waals surface area (Å²) in [5.41, 5.74) is 2.54. The van der Waals surface area contributed by atoms with Gasteiger partial charge in [-0.2, -0.15) is 0 Å². The number of aryl methyl sites for hydroxylation is 1. The highest BCUT2D eigenvalue weighted by Crippen LogP contribution is 2.26. The number of hydrogen-bond donors (Lipinski definition) is 2. The lowest BCUT2D eigenvalue weighted by atomic mass is 9.91. The number of nitrogens with one attached hydrogen (secondary N) is 1. The monoisotopic (exact) mass is 271 g/mol. The van der Waals surface area contributed by atoms with Crippen LogP contribution in [0.2, 0.25) is 0 Å². The van der Waals surface area contributed by atoms with Gasteiger partial charge < -0.3 is 15.2 Å². The average molecular weight is 271 g/mol. The Labute approximate surface area is 120 Å². The number of benzene rings is 2. The molecule has 0 saturated heterocycles. The Balaban J connectivity index is 2.34. The van der Waals surface area contributed by atoms with Crippen LogP contribution in [0.15, 0.2) is 54.6 Å². The van der Waals surface area contributed by atoms with Crippen molar-refractivity contribution in [3.63, 3.8) is 0 Å². The molecule has 0 amide bonds. The van der Waals surface area contributed by atoms with Crippen LogP contribution in [0.1, 0.15) is 11.1 Å². The van der Waals surface area contributed by atoms with Crippen molar-refractivity contribution in [1.82, 2.24) is 0 Å². The molecule has 20 heavy (non-hydrogen) atoms. The molecule has 0 aliphatic carbocycles. The summed E-state index contributed by atoms with van der Waals surface area (Å²) < 4.78 is 5.33. The van der Waals surface area contributed by atoms with E-state index in [0.29, 0.717) is 6.61 Å². The van der Waals surface area contributed by atoms with E-state index in [1.165, 1.54) is 5.56 Å². The second kappa shape index (κ2) is 6.55. The van der Waals surface area contributed by atoms with Gasteiger partial charge in [0.15, 0.2) is 0 Å². The quantitative estimate of drug-likeness (QED) is 0.848. The fourth-order valence-electron chi connectivity index (χ4n) is 2.28. The van der Waals surface area contributed by atoms with Crippen molar-refractivity contribution in [2.24, 2.45) is 0 Å². The van der Waals surface area contributed by atoms with Gasteiger partial charge in [0.2, 0.25) is 0 Å². The molecule has 3 nitrogen and oxygen atoms in total. The molecule has 0 aromatic heterocycles. The molecular formula is C17H21NO2. The Bertz CT molecular complexity index is 524. The largest absolute Gasteiger partial charge is 0.393 e. The van der Waals surface area contributed by atoms with Crippen molar-refractivity contribution < 1.29 is 9.84 Å². The van der Waals surface area contributed by atoms with Crippen LogP contribution in [0.4, 0.5) is 5.69 Å². The standard InChI is InChI=1S/C17H21NO2/c1-14-8-10-16(11-9-14)18-17(12-19,13-20-2)15-6-4-3-5-7-15/h3-11,18-19H,12-13H2,1-2H3. The molecule has 0 aliphatic heterocycles. The molecule has 0 spiro atoms. The lowest BCUT2D eigenvalue weighted by molar-refractivity contribution is 0.0978. The first kappa shape index (κ1) is 14.6. The summed E-state index contributed by atoms with van der Waals surface area (Å²) in [7, 11) is 1.64. The molecule has 0 saturated carbocycles. The van der Waals surface area contributed by atoms with E-state index in [9.17, 15) is 5.11 Å². The number of rotatable bonds is 6. The average Bonchev–Trinajstić information content (AvgIpc) is 2.50. The summed E-state index contributed by atoms with van der Waals surface area (Å²) in [6.45, 7) is 2.40. The first-order valence-corrected chi connectivity index (χ1v) is 6.70. The molecule has 2 aromatic carbocycles. The lowest BCUT2D eigenvalue weighted by Gasteiger charge is -2.34. The highest BCUT2D eigenvalue weighted by atomic mass is 16.5. The van der Waals surface area contributed by atoms with Crippen LogP contribution in [-0.4, -0.2) is 25.4 Å². The molecule has 0 aliphatic rings. The van der Waals surface area contributed by atoms with Crippen LogP contribution in [0.3, 0.4) is 0 Å². The number of anilines is 1. The fourth-order valence-corrected chi connectivity index (χ4v) is 2.28. The predicted octanol–water partition coefficient (Wildman–Crippen LogP) is 2.94. The van der Waals surface area contributed by atoms with Gasteiger partial charge in [0.05, 0.1) is 13.2 Å². The minimum absolute atomic E-state index is 0.0429. The highest BCUT2D eigenvalue weighted by molar-refractivity contribution is 5.49. The maximum atomic E-state index is 9.93. The molecule has 2 aromatic rings. The number of aliphatic hydroxyl groups is 1. The maximum absolute atomic E-state index is 9.93. The molecule has 3 heteroatoms. The van der Waals surface area contributed by atoms with E-state index < -0.39 is 5.54 Å². The Kier molecular flexibility index (Phi) is 4.77. The van der Waals surface area contributed by atoms with Crippen LogP contribution >= 0.6 is 0 Å². The lowest BCUT2D eigenvalue weighted by Crippen LogP contribution is -2.43. The normalized spacial score (nSPS) is 13.8. The molecule has 0 radical (unpaired) electrons. The summed E-state index contributed by atoms with van der Waals surface area (Å²) in [4.78, 5) is 0. The molecule has 106 valence electrons. The van der Waals surface area contributed by atoms with E-state index in [1.807, 2.05) is 54.6 Å². The van der Waals surface area contributed by atoms with Crippen molar-refractivity contribution in [1.29, 1.82) is 0 Å². The summed E-state index contributed by atoms with van der Waals surface area (Å²) in [6.07, 6.45) is 0. The van der Waals surface area contributed by atoms with Gasteiger partial charge in [-0.05, 0) is 24.6 Å². The third-order valence-corrected chi connectivity index (χ3v) is 3.42. The van der Waals surface area contributed by atoms with Crippen molar-refractivity contribution in [3.05, 3.63) is 65.7 Å². The first-order chi connectivity index (χ1) is 9.70. The van der Waals surface area contributed by atoms with Gasteiger partial charge in [0.25, 0.3) is 0 Å². The van der Waals surface area contributed by atoms with Crippen molar-refractivity contribution in [2.45, 2.75) is 12.5 Å². The van der Waals surface area contributed by atoms with Gasteiger partial charge in [-0.25, -0.2) is 0 Å². The van der Waals surface area contributed by atoms with Gasteiger partial charge in [0.1, 0.15) is 5.54 Å². The molecule has 1 unspecified atom stereocenters. The molecule has 0 bridgehead atoms. The highest BCUT2D eigenvalue weighted by Gasteiger charge is 2.31. The molecule has 2 N–H and O–H groups in total. The third kappa shape index (κ3) is 3.18. The van der Waals surface area contributed by atoms with Crippen LogP contribution < -0.4 is 5.32 Å². The van der Waals surface area contributed by atoms with E-state index in [0.717, 1.165) is 11.3 Å². The van der Waals surface area contributed by atoms with E-state index in [2.05, 4.69) is 12.2 Å². The van der Waals surface area contributed by atoms with Gasteiger partial charge in [0, 0.05) is 12.8 Å². The van der Waals surface area contributed by atoms with Crippen LogP contribution in [0, 0.1) is 6.92 Å². The maximum Gasteiger partial charge on any atom is 0.109 e. The Morgan fingerprint density at radius 2 is 1.70 bits per heavy atom. The van der Waals surface area contributed by atoms with Gasteiger partial charge in [-0.3, -0.25) is 0 Å². The minimum Gasteiger partial charge on any atom is -0.393 e. The predicted molar refractivity (Wildman–Crippen MR) is 81.9 cm³/mol. The summed E-state index contributed by atoms with van der Waals surface area (Å²) in [5.74, 6) is 0. The van der Waals surface area contributed by atoms with Crippen LogP contribution in [0.25, 0.3) is 0 Å². The summed E-state index contributed by atoms with van der Waals surface area (Å²) >= 11 is 0. The van der Waals surface area contributed by atoms with E-state index in [1.54, 1.807) is 7.11 Å². The molecule has 0 fully saturated rings. The first-order valence-electron chi connectivity index (χ1n) is 6.70. The summed E-state index contributed by atoms with van der Waals surface area (Å²) in [5, 5.41) is 13.3. The zero-order valence-corrected chi connectivity index (χ0v) is 12.0. The second-order valence-electron chi connectivity index (χ2n) is 5.03. The SMILES string of the molecule is COCC(CO)(Nc1ccc(C)cc1)c1ccccc1. The zero-order valence-electron chi connectivity index (χ0n) is 12.0. The van der Waals surface area contributed by atoms with Gasteiger partial charge in [-0.1, -0.05) is 48.0 Å². The number of hydrogen-bond acceptors (Lipinski definition) is 3. The second-order valence-corrected chi connectivity index (χ2v) is 5.03. The van der Waals surface area contributed by atoms with Crippen molar-refractivity contribution >= 4 is 5.69 Å². The number of aliphatic hydroxyl groups excluding tert-OH is 1. The molecule has 1 atom stereocenters. The van der Waals surface area contributed by atoms with Crippen molar-refractivity contribution in [2.75, 3.05) is 25.6 Å². The van der Waals surface area contributed by atoms with Gasteiger partial charge in [-0.15, -0.1) is 0 Å². The van der Waals surface area contributed by atoms with E-state index in [-0.39, 0.29) is 6.61 Å². The molecule has 0 heterocycles. The minimum atomic E-state index is -0.634. The fraction of sp³-hybridized carbons (Fsp3) is 0.294. The van der Waals surface area contributed by atoms with Crippen molar-refractivity contribution in [3.8, 4) is 0 Å². The van der Waals surface area contributed by atoms with E-state index in [4.69, 9.17) is 4.74 Å². The third-order valence-electron chi connectivity index (χ3n) is 3.42. The summed E-state index contributed by atoms with van der Waals surface area (Å²) in [6, 6.07) is 18.0. The van der Waals surface area contributed by atoms with Crippen LogP contribution in [-0.2, 0) is 10.3 Å². The Morgan fingerprint density at radius 1 is 1.05 bits per heavy atom. The van der Waals surface area contributed by atoms with Gasteiger partial charge >= 0.3 is 0 Å². The smallest absolute Gasteiger partial charge is 0.109 e. The van der Waals surface area contributed by atoms with E-state index >= 15 is 0 Å². The zero-order chi connectivity index (χ0) is 14.4. The van der Waals surface area contributed by atoms with Crippen LogP contribution in [0.5, 0.6) is 0 Å². The Morgan fingerprint density at radius 3 is 2.25 bits per heavy atom. The Hall–Kier alpha value is -1.84. The molecular weight excluding hydrogens is 250 g/mol. The number of ether oxygens (including phenoxy) is 1.